The summed E-state index contributed by atoms with van der Waals surface area (Å²) in [4.78, 5) is 2.37. The van der Waals surface area contributed by atoms with Gasteiger partial charge >= 0.3 is 0 Å². The Hall–Kier alpha value is -6.18. The lowest BCUT2D eigenvalue weighted by Gasteiger charge is -2.28. The van der Waals surface area contributed by atoms with Gasteiger partial charge in [0, 0.05) is 16.9 Å². The molecule has 0 aromatic heterocycles. The summed E-state index contributed by atoms with van der Waals surface area (Å²) in [5.74, 6) is 0. The van der Waals surface area contributed by atoms with Gasteiger partial charge in [-0.3, -0.25) is 0 Å². The summed E-state index contributed by atoms with van der Waals surface area (Å²) in [6.07, 6.45) is 0. The number of benzene rings is 8. The molecule has 0 bridgehead atoms. The predicted octanol–water partition coefficient (Wildman–Crippen LogP) is 13.0. The summed E-state index contributed by atoms with van der Waals surface area (Å²) in [5.41, 5.74) is 12.9. The van der Waals surface area contributed by atoms with Crippen LogP contribution < -0.4 is 4.90 Å². The third kappa shape index (κ3) is 5.83. The van der Waals surface area contributed by atoms with Crippen LogP contribution in [0.25, 0.3) is 55.3 Å². The predicted molar refractivity (Wildman–Crippen MR) is 200 cm³/mol. The van der Waals surface area contributed by atoms with Crippen molar-refractivity contribution in [1.82, 2.24) is 0 Å². The molecule has 47 heavy (non-hydrogen) atoms. The van der Waals surface area contributed by atoms with Crippen LogP contribution in [0.15, 0.2) is 200 Å². The average molecular weight is 600 g/mol. The van der Waals surface area contributed by atoms with Crippen LogP contribution in [0.4, 0.5) is 17.1 Å². The molecule has 0 atom stereocenters. The molecule has 8 rings (SSSR count). The van der Waals surface area contributed by atoms with E-state index in [1.54, 1.807) is 0 Å². The molecule has 0 spiro atoms. The van der Waals surface area contributed by atoms with Crippen LogP contribution in [0.3, 0.4) is 0 Å². The molecule has 0 saturated heterocycles. The molecule has 0 fully saturated rings. The molecule has 0 aliphatic rings. The first-order valence-corrected chi connectivity index (χ1v) is 16.1. The van der Waals surface area contributed by atoms with E-state index in [0.29, 0.717) is 0 Å². The minimum atomic E-state index is 1.11. The summed E-state index contributed by atoms with van der Waals surface area (Å²) >= 11 is 0. The van der Waals surface area contributed by atoms with Gasteiger partial charge in [-0.1, -0.05) is 152 Å². The molecule has 0 aliphatic heterocycles. The van der Waals surface area contributed by atoms with Crippen molar-refractivity contribution in [1.29, 1.82) is 0 Å². The van der Waals surface area contributed by atoms with Gasteiger partial charge in [-0.25, -0.2) is 0 Å². The molecule has 222 valence electrons. The van der Waals surface area contributed by atoms with E-state index in [9.17, 15) is 0 Å². The second-order valence-electron chi connectivity index (χ2n) is 11.8. The minimum Gasteiger partial charge on any atom is -0.310 e. The second kappa shape index (κ2) is 12.7. The van der Waals surface area contributed by atoms with Crippen molar-refractivity contribution >= 4 is 27.8 Å². The van der Waals surface area contributed by atoms with Crippen LogP contribution in [0.2, 0.25) is 0 Å². The zero-order valence-corrected chi connectivity index (χ0v) is 26.0. The Morgan fingerprint density at radius 2 is 0.723 bits per heavy atom. The first-order chi connectivity index (χ1) is 23.3. The highest BCUT2D eigenvalue weighted by molar-refractivity contribution is 5.92. The highest BCUT2D eigenvalue weighted by Gasteiger charge is 2.18. The zero-order valence-electron chi connectivity index (χ0n) is 26.0. The van der Waals surface area contributed by atoms with Crippen LogP contribution in [0.1, 0.15) is 0 Å². The highest BCUT2D eigenvalue weighted by Crippen LogP contribution is 2.43. The van der Waals surface area contributed by atoms with Gasteiger partial charge in [0.2, 0.25) is 0 Å². The maximum absolute atomic E-state index is 2.37. The summed E-state index contributed by atoms with van der Waals surface area (Å²) in [6.45, 7) is 0. The van der Waals surface area contributed by atoms with Gasteiger partial charge < -0.3 is 4.90 Å². The highest BCUT2D eigenvalue weighted by atomic mass is 15.1. The van der Waals surface area contributed by atoms with Crippen molar-refractivity contribution in [3.05, 3.63) is 200 Å². The quantitative estimate of drug-likeness (QED) is 0.176. The van der Waals surface area contributed by atoms with Gasteiger partial charge in [-0.2, -0.15) is 0 Å². The second-order valence-corrected chi connectivity index (χ2v) is 11.8. The first kappa shape index (κ1) is 28.3. The Bertz CT molecular complexity index is 2270. The molecule has 0 aliphatic carbocycles. The third-order valence-corrected chi connectivity index (χ3v) is 8.85. The number of rotatable bonds is 7. The fraction of sp³-hybridized carbons (Fsp3) is 0. The van der Waals surface area contributed by atoms with Gasteiger partial charge in [0.25, 0.3) is 0 Å². The van der Waals surface area contributed by atoms with Crippen molar-refractivity contribution in [3.63, 3.8) is 0 Å². The fourth-order valence-corrected chi connectivity index (χ4v) is 6.44. The Labute approximate surface area is 276 Å². The minimum absolute atomic E-state index is 1.11. The van der Waals surface area contributed by atoms with Crippen molar-refractivity contribution < 1.29 is 0 Å². The van der Waals surface area contributed by atoms with E-state index in [1.807, 2.05) is 0 Å². The molecule has 1 nitrogen and oxygen atoms in total. The van der Waals surface area contributed by atoms with Crippen molar-refractivity contribution in [2.45, 2.75) is 0 Å². The molecule has 8 aromatic carbocycles. The third-order valence-electron chi connectivity index (χ3n) is 8.85. The summed E-state index contributed by atoms with van der Waals surface area (Å²) < 4.78 is 0. The van der Waals surface area contributed by atoms with Crippen molar-refractivity contribution in [2.75, 3.05) is 4.90 Å². The summed E-state index contributed by atoms with van der Waals surface area (Å²) in [5, 5.41) is 2.51. The van der Waals surface area contributed by atoms with Gasteiger partial charge in [0.15, 0.2) is 0 Å². The zero-order chi connectivity index (χ0) is 31.4. The first-order valence-electron chi connectivity index (χ1n) is 16.1. The molecular weight excluding hydrogens is 567 g/mol. The number of nitrogens with zero attached hydrogens (tertiary/aromatic N) is 1. The fourth-order valence-electron chi connectivity index (χ4n) is 6.44. The van der Waals surface area contributed by atoms with Gasteiger partial charge in [0.1, 0.15) is 0 Å². The molecular formula is C46H33N. The van der Waals surface area contributed by atoms with Gasteiger partial charge in [-0.15, -0.1) is 0 Å². The van der Waals surface area contributed by atoms with E-state index in [0.717, 1.165) is 17.1 Å². The summed E-state index contributed by atoms with van der Waals surface area (Å²) in [7, 11) is 0. The monoisotopic (exact) mass is 599 g/mol. The molecule has 0 radical (unpaired) electrons. The molecule has 0 N–H and O–H groups in total. The number of hydrogen-bond donors (Lipinski definition) is 0. The molecule has 1 heteroatoms. The largest absolute Gasteiger partial charge is 0.310 e. The summed E-state index contributed by atoms with van der Waals surface area (Å²) in [6, 6.07) is 71.9. The molecule has 8 aromatic rings. The Morgan fingerprint density at radius 3 is 1.45 bits per heavy atom. The Kier molecular flexibility index (Phi) is 7.63. The Morgan fingerprint density at radius 1 is 0.255 bits per heavy atom. The van der Waals surface area contributed by atoms with Gasteiger partial charge in [0.05, 0.1) is 5.69 Å². The van der Waals surface area contributed by atoms with Gasteiger partial charge in [-0.05, 0) is 98.2 Å². The Balaban J connectivity index is 1.24. The molecule has 0 heterocycles. The maximum Gasteiger partial charge on any atom is 0.0540 e. The smallest absolute Gasteiger partial charge is 0.0540 e. The topological polar surface area (TPSA) is 3.24 Å². The van der Waals surface area contributed by atoms with E-state index < -0.39 is 0 Å². The van der Waals surface area contributed by atoms with E-state index >= 15 is 0 Å². The molecule has 0 unspecified atom stereocenters. The van der Waals surface area contributed by atoms with Crippen LogP contribution in [0, 0.1) is 0 Å². The number of fused-ring (bicyclic) bond motifs is 1. The van der Waals surface area contributed by atoms with E-state index in [2.05, 4.69) is 205 Å². The average Bonchev–Trinajstić information content (AvgIpc) is 3.16. The molecule has 0 amide bonds. The number of anilines is 3. The van der Waals surface area contributed by atoms with E-state index in [4.69, 9.17) is 0 Å². The van der Waals surface area contributed by atoms with Crippen LogP contribution in [-0.4, -0.2) is 0 Å². The van der Waals surface area contributed by atoms with Crippen LogP contribution in [0.5, 0.6) is 0 Å². The lowest BCUT2D eigenvalue weighted by atomic mass is 9.94. The normalized spacial score (nSPS) is 11.0. The number of para-hydroxylation sites is 1. The lowest BCUT2D eigenvalue weighted by molar-refractivity contribution is 1.28. The van der Waals surface area contributed by atoms with Crippen LogP contribution >= 0.6 is 0 Å². The van der Waals surface area contributed by atoms with E-state index in [1.165, 1.54) is 55.3 Å². The molecule has 0 saturated carbocycles. The SMILES string of the molecule is c1ccc(-c2cccc(-c3ccc(N(c4ccccc4)c4ccc(-c5ccc6ccccc6c5)cc4)c(-c4ccccc4)c3)c2)cc1. The van der Waals surface area contributed by atoms with Crippen molar-refractivity contribution in [3.8, 4) is 44.5 Å². The lowest BCUT2D eigenvalue weighted by Crippen LogP contribution is -2.11. The maximum atomic E-state index is 2.37. The van der Waals surface area contributed by atoms with Crippen molar-refractivity contribution in [2.24, 2.45) is 0 Å². The number of hydrogen-bond acceptors (Lipinski definition) is 1. The van der Waals surface area contributed by atoms with Crippen LogP contribution in [-0.2, 0) is 0 Å². The standard InChI is InChI=1S/C46H33N/c1-4-13-34(14-5-1)39-19-12-20-40(31-39)42-27-30-46(45(33-42)37-16-6-2-7-17-37)47(43-21-8-3-9-22-43)44-28-25-36(26-29-44)41-24-23-35-15-10-11-18-38(35)32-41/h1-33H. The van der Waals surface area contributed by atoms with E-state index in [-0.39, 0.29) is 0 Å².